The van der Waals surface area contributed by atoms with Crippen LogP contribution in [0.1, 0.15) is 45.2 Å². The number of para-hydroxylation sites is 2. The largest absolute Gasteiger partial charge is 0.309 e. The molecule has 3 aromatic heterocycles. The van der Waals surface area contributed by atoms with Gasteiger partial charge in [0.25, 0.3) is 11.1 Å². The van der Waals surface area contributed by atoms with Crippen molar-refractivity contribution in [2.45, 2.75) is 11.8 Å². The minimum atomic E-state index is -0.290. The Bertz CT molecular complexity index is 3210. The van der Waals surface area contributed by atoms with Crippen molar-refractivity contribution >= 4 is 43.6 Å². The van der Waals surface area contributed by atoms with Crippen molar-refractivity contribution in [3.8, 4) is 16.8 Å². The number of aromatic nitrogens is 3. The van der Waals surface area contributed by atoms with E-state index in [0.717, 1.165) is 44.3 Å². The summed E-state index contributed by atoms with van der Waals surface area (Å²) in [6, 6.07) is 53.0. The molecular formula is C46H27N3O2. The van der Waals surface area contributed by atoms with Gasteiger partial charge in [0.05, 0.1) is 32.8 Å². The first-order valence-electron chi connectivity index (χ1n) is 17.4. The number of hydrogen-bond acceptors (Lipinski definition) is 2. The first-order valence-corrected chi connectivity index (χ1v) is 17.4. The highest BCUT2D eigenvalue weighted by Crippen LogP contribution is 2.56. The lowest BCUT2D eigenvalue weighted by Gasteiger charge is -2.42. The van der Waals surface area contributed by atoms with E-state index in [-0.39, 0.29) is 23.0 Å². The summed E-state index contributed by atoms with van der Waals surface area (Å²) in [5, 5.41) is 3.44. The fourth-order valence-electron chi connectivity index (χ4n) is 9.47. The third-order valence-electron chi connectivity index (χ3n) is 11.6. The fourth-order valence-corrected chi connectivity index (χ4v) is 9.47. The minimum Gasteiger partial charge on any atom is -0.309 e. The quantitative estimate of drug-likeness (QED) is 0.187. The van der Waals surface area contributed by atoms with Gasteiger partial charge >= 0.3 is 0 Å². The van der Waals surface area contributed by atoms with Crippen molar-refractivity contribution in [3.05, 3.63) is 206 Å². The molecule has 5 heteroatoms. The summed E-state index contributed by atoms with van der Waals surface area (Å²) < 4.78 is 5.48. The average Bonchev–Trinajstić information content (AvgIpc) is 3.78. The maximum atomic E-state index is 14.2. The van der Waals surface area contributed by atoms with Crippen LogP contribution in [-0.2, 0) is 0 Å². The van der Waals surface area contributed by atoms with E-state index in [9.17, 15) is 9.59 Å². The van der Waals surface area contributed by atoms with Gasteiger partial charge in [0.2, 0.25) is 0 Å². The monoisotopic (exact) mass is 653 g/mol. The van der Waals surface area contributed by atoms with Crippen molar-refractivity contribution in [1.82, 2.24) is 13.6 Å². The van der Waals surface area contributed by atoms with Gasteiger partial charge in [-0.25, -0.2) is 4.52 Å². The van der Waals surface area contributed by atoms with Crippen LogP contribution in [0.4, 0.5) is 0 Å². The van der Waals surface area contributed by atoms with Crippen molar-refractivity contribution < 1.29 is 0 Å². The number of rotatable bonds is 2. The lowest BCUT2D eigenvalue weighted by molar-refractivity contribution is 0.756. The normalized spacial score (nSPS) is 16.0. The molecule has 3 heterocycles. The van der Waals surface area contributed by atoms with Crippen molar-refractivity contribution in [1.29, 1.82) is 0 Å². The molecule has 0 atom stereocenters. The molecule has 2 bridgehead atoms. The molecule has 10 aromatic rings. The molecule has 0 unspecified atom stereocenters. The summed E-state index contributed by atoms with van der Waals surface area (Å²) in [4.78, 5) is 28.3. The molecule has 0 spiro atoms. The zero-order chi connectivity index (χ0) is 33.5. The second-order valence-electron chi connectivity index (χ2n) is 14.0. The van der Waals surface area contributed by atoms with E-state index in [2.05, 4.69) is 138 Å². The molecule has 13 rings (SSSR count). The molecule has 3 aliphatic rings. The highest BCUT2D eigenvalue weighted by atomic mass is 16.2. The Morgan fingerprint density at radius 3 is 1.53 bits per heavy atom. The summed E-state index contributed by atoms with van der Waals surface area (Å²) in [5.74, 6) is 0.139. The molecule has 7 aromatic carbocycles. The highest BCUT2D eigenvalue weighted by molar-refractivity contribution is 6.10. The zero-order valence-corrected chi connectivity index (χ0v) is 27.2. The van der Waals surface area contributed by atoms with Crippen LogP contribution in [0.15, 0.2) is 161 Å². The van der Waals surface area contributed by atoms with Crippen LogP contribution in [0.3, 0.4) is 0 Å². The summed E-state index contributed by atoms with van der Waals surface area (Å²) >= 11 is 0. The maximum Gasteiger partial charge on any atom is 0.282 e. The fraction of sp³-hybridized carbons (Fsp3) is 0.0435. The van der Waals surface area contributed by atoms with Gasteiger partial charge in [0.1, 0.15) is 0 Å². The molecule has 0 aliphatic heterocycles. The average molecular weight is 654 g/mol. The Morgan fingerprint density at radius 1 is 0.353 bits per heavy atom. The molecule has 0 N–H and O–H groups in total. The number of benzene rings is 7. The van der Waals surface area contributed by atoms with Gasteiger partial charge in [0, 0.05) is 28.3 Å². The summed E-state index contributed by atoms with van der Waals surface area (Å²) in [6.45, 7) is 0. The summed E-state index contributed by atoms with van der Waals surface area (Å²) in [7, 11) is 0. The Morgan fingerprint density at radius 2 is 0.863 bits per heavy atom. The topological polar surface area (TPSA) is 47.9 Å². The summed E-state index contributed by atoms with van der Waals surface area (Å²) in [5.41, 5.74) is 13.9. The predicted octanol–water partition coefficient (Wildman–Crippen LogP) is 9.25. The van der Waals surface area contributed by atoms with E-state index in [1.165, 1.54) is 43.3 Å². The van der Waals surface area contributed by atoms with Crippen LogP contribution >= 0.6 is 0 Å². The SMILES string of the molecule is O=c1c2cc(-c3ccc4c(c3)c3ccccc3n4-c3ccccc3)ccc2n2c3cc4c(cc3c(=O)n12)C1c2ccccc2C4c2ccccc21. The Kier molecular flexibility index (Phi) is 5.05. The van der Waals surface area contributed by atoms with Gasteiger partial charge in [0.15, 0.2) is 0 Å². The molecule has 0 fully saturated rings. The van der Waals surface area contributed by atoms with Gasteiger partial charge in [-0.3, -0.25) is 9.59 Å². The van der Waals surface area contributed by atoms with Crippen LogP contribution in [-0.4, -0.2) is 13.6 Å². The highest BCUT2D eigenvalue weighted by Gasteiger charge is 2.41. The molecule has 0 radical (unpaired) electrons. The van der Waals surface area contributed by atoms with Crippen LogP contribution in [0, 0.1) is 0 Å². The van der Waals surface area contributed by atoms with Gasteiger partial charge in [-0.15, -0.1) is 0 Å². The van der Waals surface area contributed by atoms with Crippen LogP contribution < -0.4 is 11.1 Å². The number of nitrogens with zero attached hydrogens (tertiary/aromatic N) is 3. The Balaban J connectivity index is 1.06. The van der Waals surface area contributed by atoms with E-state index in [0.29, 0.717) is 10.8 Å². The minimum absolute atomic E-state index is 0.0607. The van der Waals surface area contributed by atoms with E-state index in [4.69, 9.17) is 0 Å². The lowest BCUT2D eigenvalue weighted by atomic mass is 9.61. The first-order chi connectivity index (χ1) is 25.2. The van der Waals surface area contributed by atoms with Gasteiger partial charge < -0.3 is 4.57 Å². The van der Waals surface area contributed by atoms with Crippen LogP contribution in [0.5, 0.6) is 0 Å². The second kappa shape index (κ2) is 9.49. The molecule has 3 aliphatic carbocycles. The molecule has 51 heavy (non-hydrogen) atoms. The molecule has 0 amide bonds. The van der Waals surface area contributed by atoms with E-state index in [1.54, 1.807) is 0 Å². The molecular weight excluding hydrogens is 627 g/mol. The molecule has 0 saturated heterocycles. The van der Waals surface area contributed by atoms with Crippen LogP contribution in [0.2, 0.25) is 0 Å². The number of fused-ring (bicyclic) bond motifs is 8. The van der Waals surface area contributed by atoms with E-state index < -0.39 is 0 Å². The third kappa shape index (κ3) is 3.35. The zero-order valence-electron chi connectivity index (χ0n) is 27.2. The van der Waals surface area contributed by atoms with Gasteiger partial charge in [-0.1, -0.05) is 97.1 Å². The second-order valence-corrected chi connectivity index (χ2v) is 14.0. The Labute approximate surface area is 290 Å². The van der Waals surface area contributed by atoms with Crippen LogP contribution in [0.25, 0.3) is 60.4 Å². The first kappa shape index (κ1) is 27.1. The lowest BCUT2D eigenvalue weighted by Crippen LogP contribution is -2.27. The van der Waals surface area contributed by atoms with Crippen molar-refractivity contribution in [2.24, 2.45) is 0 Å². The standard InChI is InChI=1S/C46H27N3O2/c50-45-37-23-27(26-18-20-40-34(22-26)29-12-8-9-17-39(29)47(40)28-10-2-1-3-11-28)19-21-41(37)48-42-25-36-35(24-38(42)46(51)49(45)48)43-30-13-4-6-15-32(30)44(36)33-16-7-5-14-31(33)43/h1-25,43-44H. The van der Waals surface area contributed by atoms with Gasteiger partial charge in [-0.05, 0) is 99.1 Å². The summed E-state index contributed by atoms with van der Waals surface area (Å²) in [6.07, 6.45) is 0. The third-order valence-corrected chi connectivity index (χ3v) is 11.6. The predicted molar refractivity (Wildman–Crippen MR) is 204 cm³/mol. The van der Waals surface area contributed by atoms with Crippen molar-refractivity contribution in [3.63, 3.8) is 0 Å². The smallest absolute Gasteiger partial charge is 0.282 e. The maximum absolute atomic E-state index is 14.2. The van der Waals surface area contributed by atoms with E-state index in [1.807, 2.05) is 22.7 Å². The number of hydrogen-bond donors (Lipinski definition) is 0. The van der Waals surface area contributed by atoms with Gasteiger partial charge in [-0.2, -0.15) is 4.52 Å². The Hall–Kier alpha value is -6.72. The molecule has 238 valence electrons. The van der Waals surface area contributed by atoms with Crippen molar-refractivity contribution in [2.75, 3.05) is 0 Å². The molecule has 0 saturated carbocycles. The van der Waals surface area contributed by atoms with E-state index >= 15 is 0 Å². The molecule has 5 nitrogen and oxygen atoms in total.